The van der Waals surface area contributed by atoms with Gasteiger partial charge in [-0.25, -0.2) is 0 Å². The molecule has 3 rings (SSSR count). The lowest BCUT2D eigenvalue weighted by atomic mass is 10.1. The number of halogens is 3. The van der Waals surface area contributed by atoms with Crippen LogP contribution in [-0.2, 0) is 0 Å². The Labute approximate surface area is 163 Å². The zero-order chi connectivity index (χ0) is 18.7. The first-order valence-corrected chi connectivity index (χ1v) is 8.78. The van der Waals surface area contributed by atoms with Gasteiger partial charge in [-0.15, -0.1) is 0 Å². The summed E-state index contributed by atoms with van der Waals surface area (Å²) in [5.74, 6) is 0.611. The molecule has 3 aromatic rings. The number of rotatable bonds is 6. The van der Waals surface area contributed by atoms with Gasteiger partial charge < -0.3 is 14.8 Å². The Hall–Kier alpha value is -1.99. The van der Waals surface area contributed by atoms with Crippen LogP contribution in [0.2, 0.25) is 15.1 Å². The Balaban J connectivity index is 1.96. The quantitative estimate of drug-likeness (QED) is 0.628. The first-order valence-electron chi connectivity index (χ1n) is 7.65. The smallest absolute Gasteiger partial charge is 0.292 e. The van der Waals surface area contributed by atoms with E-state index in [1.54, 1.807) is 24.3 Å². The van der Waals surface area contributed by atoms with E-state index in [1.807, 2.05) is 0 Å². The van der Waals surface area contributed by atoms with Gasteiger partial charge >= 0.3 is 0 Å². The van der Waals surface area contributed by atoms with E-state index in [1.165, 1.54) is 18.5 Å². The molecule has 2 aromatic heterocycles. The fraction of sp³-hybridized carbons (Fsp3) is 0.176. The van der Waals surface area contributed by atoms with E-state index >= 15 is 0 Å². The number of furan rings is 1. The van der Waals surface area contributed by atoms with E-state index in [4.69, 9.17) is 39.2 Å². The molecular formula is C17H14Cl3N3O3. The van der Waals surface area contributed by atoms with Crippen LogP contribution in [-0.4, -0.2) is 21.5 Å². The normalized spacial score (nSPS) is 12.2. The van der Waals surface area contributed by atoms with Gasteiger partial charge in [0, 0.05) is 11.6 Å². The largest absolute Gasteiger partial charge is 0.467 e. The highest BCUT2D eigenvalue weighted by molar-refractivity contribution is 6.36. The second-order valence-electron chi connectivity index (χ2n) is 5.41. The molecule has 1 unspecified atom stereocenters. The van der Waals surface area contributed by atoms with Crippen LogP contribution in [0.15, 0.2) is 52.0 Å². The number of nitrogens with one attached hydrogen (secondary N) is 1. The number of hydrogen-bond donors (Lipinski definition) is 2. The Bertz CT molecular complexity index is 958. The minimum atomic E-state index is -0.539. The number of aliphatic hydroxyl groups is 1. The highest BCUT2D eigenvalue weighted by atomic mass is 35.5. The maximum Gasteiger partial charge on any atom is 0.292 e. The van der Waals surface area contributed by atoms with Gasteiger partial charge in [0.2, 0.25) is 0 Å². The SMILES string of the molecule is O=c1c(Cl)c(NC(CCO)c2ccco2)cnn1-c1ccc(Cl)cc1Cl. The number of aliphatic hydroxyl groups excluding tert-OH is 1. The van der Waals surface area contributed by atoms with Crippen molar-refractivity contribution in [2.45, 2.75) is 12.5 Å². The van der Waals surface area contributed by atoms with E-state index in [-0.39, 0.29) is 22.7 Å². The molecule has 1 aromatic carbocycles. The highest BCUT2D eigenvalue weighted by Gasteiger charge is 2.18. The number of hydrogen-bond acceptors (Lipinski definition) is 5. The molecule has 6 nitrogen and oxygen atoms in total. The zero-order valence-electron chi connectivity index (χ0n) is 13.3. The van der Waals surface area contributed by atoms with Crippen LogP contribution >= 0.6 is 34.8 Å². The monoisotopic (exact) mass is 413 g/mol. The highest BCUT2D eigenvalue weighted by Crippen LogP contribution is 2.27. The summed E-state index contributed by atoms with van der Waals surface area (Å²) in [6.07, 6.45) is 3.32. The molecule has 0 amide bonds. The molecule has 0 aliphatic rings. The number of anilines is 1. The van der Waals surface area contributed by atoms with Gasteiger partial charge in [-0.3, -0.25) is 4.79 Å². The molecule has 0 aliphatic carbocycles. The summed E-state index contributed by atoms with van der Waals surface area (Å²) in [6, 6.07) is 7.85. The van der Waals surface area contributed by atoms with Crippen LogP contribution in [0.5, 0.6) is 0 Å². The summed E-state index contributed by atoms with van der Waals surface area (Å²) in [6.45, 7) is -0.0686. The van der Waals surface area contributed by atoms with Crippen LogP contribution in [0.25, 0.3) is 5.69 Å². The van der Waals surface area contributed by atoms with E-state index in [0.29, 0.717) is 28.6 Å². The Kier molecular flexibility index (Phi) is 5.88. The minimum absolute atomic E-state index is 0.0551. The molecule has 1 atom stereocenters. The van der Waals surface area contributed by atoms with Crippen molar-refractivity contribution in [3.63, 3.8) is 0 Å². The fourth-order valence-corrected chi connectivity index (χ4v) is 3.12. The van der Waals surface area contributed by atoms with Gasteiger partial charge in [0.1, 0.15) is 10.8 Å². The predicted octanol–water partition coefficient (Wildman–Crippen LogP) is 4.32. The van der Waals surface area contributed by atoms with E-state index in [2.05, 4.69) is 10.4 Å². The Morgan fingerprint density at radius 2 is 2.08 bits per heavy atom. The molecule has 0 saturated carbocycles. The summed E-state index contributed by atoms with van der Waals surface area (Å²) >= 11 is 18.3. The van der Waals surface area contributed by atoms with E-state index < -0.39 is 5.56 Å². The number of aromatic nitrogens is 2. The lowest BCUT2D eigenvalue weighted by molar-refractivity contribution is 0.273. The molecule has 0 bridgehead atoms. The second-order valence-corrected chi connectivity index (χ2v) is 6.63. The zero-order valence-corrected chi connectivity index (χ0v) is 15.6. The first-order chi connectivity index (χ1) is 12.5. The molecule has 0 spiro atoms. The third-order valence-corrected chi connectivity index (χ3v) is 4.59. The number of nitrogens with zero attached hydrogens (tertiary/aromatic N) is 2. The first kappa shape index (κ1) is 18.8. The Morgan fingerprint density at radius 1 is 1.27 bits per heavy atom. The molecule has 2 heterocycles. The van der Waals surface area contributed by atoms with Gasteiger partial charge in [0.25, 0.3) is 5.56 Å². The van der Waals surface area contributed by atoms with Crippen molar-refractivity contribution < 1.29 is 9.52 Å². The van der Waals surface area contributed by atoms with E-state index in [9.17, 15) is 9.90 Å². The van der Waals surface area contributed by atoms with Crippen LogP contribution in [0.4, 0.5) is 5.69 Å². The summed E-state index contributed by atoms with van der Waals surface area (Å²) in [7, 11) is 0. The molecular weight excluding hydrogens is 401 g/mol. The molecule has 9 heteroatoms. The van der Waals surface area contributed by atoms with E-state index in [0.717, 1.165) is 4.68 Å². The Morgan fingerprint density at radius 3 is 2.73 bits per heavy atom. The van der Waals surface area contributed by atoms with Crippen LogP contribution in [0.1, 0.15) is 18.2 Å². The van der Waals surface area contributed by atoms with Crippen LogP contribution < -0.4 is 10.9 Å². The van der Waals surface area contributed by atoms with Gasteiger partial charge in [-0.2, -0.15) is 9.78 Å². The van der Waals surface area contributed by atoms with Gasteiger partial charge in [-0.05, 0) is 36.8 Å². The minimum Gasteiger partial charge on any atom is -0.467 e. The predicted molar refractivity (Wildman–Crippen MR) is 102 cm³/mol. The summed E-state index contributed by atoms with van der Waals surface area (Å²) < 4.78 is 6.46. The molecule has 0 radical (unpaired) electrons. The van der Waals surface area contributed by atoms with Crippen molar-refractivity contribution in [2.75, 3.05) is 11.9 Å². The molecule has 0 aliphatic heterocycles. The average molecular weight is 415 g/mol. The van der Waals surface area contributed by atoms with Crippen molar-refractivity contribution in [1.29, 1.82) is 0 Å². The van der Waals surface area contributed by atoms with Gasteiger partial charge in [0.15, 0.2) is 0 Å². The van der Waals surface area contributed by atoms with Crippen molar-refractivity contribution in [2.24, 2.45) is 0 Å². The lowest BCUT2D eigenvalue weighted by Crippen LogP contribution is -2.24. The van der Waals surface area contributed by atoms with Gasteiger partial charge in [-0.1, -0.05) is 34.8 Å². The summed E-state index contributed by atoms with van der Waals surface area (Å²) in [4.78, 5) is 12.6. The standard InChI is InChI=1S/C17H14Cl3N3O3/c18-10-3-4-14(11(19)8-10)23-17(25)16(20)13(9-21-23)22-12(5-6-24)15-2-1-7-26-15/h1-4,7-9,12,22,24H,5-6H2. The molecule has 0 fully saturated rings. The summed E-state index contributed by atoms with van der Waals surface area (Å²) in [5, 5.41) is 17.1. The van der Waals surface area contributed by atoms with Crippen molar-refractivity contribution in [1.82, 2.24) is 9.78 Å². The maximum atomic E-state index is 12.6. The molecule has 136 valence electrons. The van der Waals surface area contributed by atoms with Crippen molar-refractivity contribution >= 4 is 40.5 Å². The van der Waals surface area contributed by atoms with Crippen LogP contribution in [0.3, 0.4) is 0 Å². The molecule has 26 heavy (non-hydrogen) atoms. The van der Waals surface area contributed by atoms with Crippen molar-refractivity contribution in [3.05, 3.63) is 74.0 Å². The molecule has 0 saturated heterocycles. The maximum absolute atomic E-state index is 12.6. The third kappa shape index (κ3) is 3.88. The lowest BCUT2D eigenvalue weighted by Gasteiger charge is -2.18. The van der Waals surface area contributed by atoms with Crippen LogP contribution in [0, 0.1) is 0 Å². The van der Waals surface area contributed by atoms with Crippen molar-refractivity contribution in [3.8, 4) is 5.69 Å². The average Bonchev–Trinajstić information content (AvgIpc) is 3.14. The second kappa shape index (κ2) is 8.14. The molecule has 2 N–H and O–H groups in total. The van der Waals surface area contributed by atoms with Gasteiger partial charge in [0.05, 0.1) is 34.9 Å². The fourth-order valence-electron chi connectivity index (χ4n) is 2.45. The number of benzene rings is 1. The summed E-state index contributed by atoms with van der Waals surface area (Å²) in [5.41, 5.74) is 0.156. The topological polar surface area (TPSA) is 80.3 Å². The third-order valence-electron chi connectivity index (χ3n) is 3.69.